The zero-order valence-electron chi connectivity index (χ0n) is 14.8. The first-order chi connectivity index (χ1) is 13.0. The summed E-state index contributed by atoms with van der Waals surface area (Å²) in [5.74, 6) is -2.63. The number of aromatic nitrogens is 1. The van der Waals surface area contributed by atoms with Crippen molar-refractivity contribution in [2.24, 2.45) is 0 Å². The molecule has 0 saturated heterocycles. The Morgan fingerprint density at radius 2 is 1.89 bits per heavy atom. The number of rotatable bonds is 5. The van der Waals surface area contributed by atoms with Crippen molar-refractivity contribution < 1.29 is 18.4 Å². The van der Waals surface area contributed by atoms with Crippen LogP contribution in [-0.2, 0) is 17.6 Å². The van der Waals surface area contributed by atoms with Crippen LogP contribution in [0.3, 0.4) is 0 Å². The van der Waals surface area contributed by atoms with Crippen LogP contribution in [0.2, 0.25) is 0 Å². The minimum Gasteiger partial charge on any atom is -0.351 e. The third-order valence-electron chi connectivity index (χ3n) is 4.41. The number of carbonyl (C=O) groups excluding carboxylic acids is 2. The number of aryl methyl sites for hydroxylation is 2. The summed E-state index contributed by atoms with van der Waals surface area (Å²) in [4.78, 5) is 29.7. The second-order valence-corrected chi connectivity index (χ2v) is 7.56. The van der Waals surface area contributed by atoms with Crippen LogP contribution in [0.4, 0.5) is 13.9 Å². The first-order valence-corrected chi connectivity index (χ1v) is 9.86. The third kappa shape index (κ3) is 5.32. The summed E-state index contributed by atoms with van der Waals surface area (Å²) in [6, 6.07) is 2.74. The standard InChI is InChI=1S/C19H21F2N3O2S/c20-12-7-8-13(14(21)11-12)18(26)22-10-9-17(25)24-19-23-15-5-3-1-2-4-6-16(15)27-19/h7-8,11H,1-6,9-10H2,(H,22,26)(H,23,24,25). The molecule has 144 valence electrons. The molecule has 2 amide bonds. The number of hydrogen-bond donors (Lipinski definition) is 2. The lowest BCUT2D eigenvalue weighted by Crippen LogP contribution is -2.28. The van der Waals surface area contributed by atoms with E-state index in [2.05, 4.69) is 15.6 Å². The molecule has 0 fully saturated rings. The van der Waals surface area contributed by atoms with Crippen LogP contribution in [0, 0.1) is 11.6 Å². The summed E-state index contributed by atoms with van der Waals surface area (Å²) < 4.78 is 26.4. The molecule has 0 bridgehead atoms. The van der Waals surface area contributed by atoms with Crippen molar-refractivity contribution in [3.8, 4) is 0 Å². The Hall–Kier alpha value is -2.35. The van der Waals surface area contributed by atoms with Crippen molar-refractivity contribution in [1.29, 1.82) is 0 Å². The molecule has 0 atom stereocenters. The summed E-state index contributed by atoms with van der Waals surface area (Å²) >= 11 is 1.51. The van der Waals surface area contributed by atoms with Gasteiger partial charge in [0.1, 0.15) is 11.6 Å². The molecule has 1 aromatic carbocycles. The van der Waals surface area contributed by atoms with Gasteiger partial charge >= 0.3 is 0 Å². The Labute approximate surface area is 160 Å². The van der Waals surface area contributed by atoms with Gasteiger partial charge in [0.25, 0.3) is 5.91 Å². The lowest BCUT2D eigenvalue weighted by atomic mass is 10.0. The first-order valence-electron chi connectivity index (χ1n) is 9.04. The first kappa shape index (κ1) is 19.4. The molecule has 27 heavy (non-hydrogen) atoms. The molecule has 3 rings (SSSR count). The fourth-order valence-corrected chi connectivity index (χ4v) is 4.07. The summed E-state index contributed by atoms with van der Waals surface area (Å²) in [5.41, 5.74) is 0.826. The number of anilines is 1. The highest BCUT2D eigenvalue weighted by Crippen LogP contribution is 2.28. The predicted octanol–water partition coefficient (Wildman–Crippen LogP) is 3.84. The zero-order valence-corrected chi connectivity index (χ0v) is 15.6. The van der Waals surface area contributed by atoms with Gasteiger partial charge in [-0.15, -0.1) is 11.3 Å². The predicted molar refractivity (Wildman–Crippen MR) is 99.9 cm³/mol. The molecule has 0 unspecified atom stereocenters. The number of benzene rings is 1. The summed E-state index contributed by atoms with van der Waals surface area (Å²) in [6.45, 7) is 0.0482. The fourth-order valence-electron chi connectivity index (χ4n) is 3.00. The highest BCUT2D eigenvalue weighted by molar-refractivity contribution is 7.15. The molecular weight excluding hydrogens is 372 g/mol. The Balaban J connectivity index is 1.48. The zero-order chi connectivity index (χ0) is 19.2. The number of thiazole rings is 1. The lowest BCUT2D eigenvalue weighted by Gasteiger charge is -2.06. The monoisotopic (exact) mass is 393 g/mol. The summed E-state index contributed by atoms with van der Waals surface area (Å²) in [5, 5.41) is 5.81. The van der Waals surface area contributed by atoms with E-state index in [4.69, 9.17) is 0 Å². The SMILES string of the molecule is O=C(CCNC(=O)c1ccc(F)cc1F)Nc1nc2c(s1)CCCCCC2. The quantitative estimate of drug-likeness (QED) is 0.811. The number of fused-ring (bicyclic) bond motifs is 1. The second kappa shape index (κ2) is 9.03. The average molecular weight is 393 g/mol. The number of amides is 2. The molecule has 1 aromatic heterocycles. The topological polar surface area (TPSA) is 71.1 Å². The molecule has 0 saturated carbocycles. The van der Waals surface area contributed by atoms with Gasteiger partial charge in [-0.2, -0.15) is 0 Å². The molecule has 8 heteroatoms. The van der Waals surface area contributed by atoms with Gasteiger partial charge in [-0.3, -0.25) is 9.59 Å². The molecule has 0 radical (unpaired) electrons. The van der Waals surface area contributed by atoms with Crippen LogP contribution in [-0.4, -0.2) is 23.3 Å². The van der Waals surface area contributed by atoms with Crippen molar-refractivity contribution in [1.82, 2.24) is 10.3 Å². The number of nitrogens with one attached hydrogen (secondary N) is 2. The van der Waals surface area contributed by atoms with Gasteiger partial charge in [0.05, 0.1) is 11.3 Å². The van der Waals surface area contributed by atoms with E-state index in [-0.39, 0.29) is 24.4 Å². The van der Waals surface area contributed by atoms with Crippen LogP contribution < -0.4 is 10.6 Å². The molecule has 1 aliphatic carbocycles. The highest BCUT2D eigenvalue weighted by Gasteiger charge is 2.16. The minimum absolute atomic E-state index is 0.0405. The van der Waals surface area contributed by atoms with Crippen molar-refractivity contribution >= 4 is 28.3 Å². The molecule has 1 aliphatic rings. The minimum atomic E-state index is -0.933. The van der Waals surface area contributed by atoms with E-state index in [1.165, 1.54) is 29.1 Å². The molecule has 5 nitrogen and oxygen atoms in total. The van der Waals surface area contributed by atoms with Crippen molar-refractivity contribution in [2.45, 2.75) is 44.9 Å². The van der Waals surface area contributed by atoms with Gasteiger partial charge in [-0.05, 0) is 37.8 Å². The van der Waals surface area contributed by atoms with Gasteiger partial charge in [0, 0.05) is 23.9 Å². The maximum absolute atomic E-state index is 13.6. The number of hydrogen-bond acceptors (Lipinski definition) is 4. The second-order valence-electron chi connectivity index (χ2n) is 6.48. The van der Waals surface area contributed by atoms with E-state index in [0.717, 1.165) is 43.5 Å². The Morgan fingerprint density at radius 3 is 2.67 bits per heavy atom. The van der Waals surface area contributed by atoms with E-state index < -0.39 is 17.5 Å². The normalized spacial score (nSPS) is 14.0. The molecule has 1 heterocycles. The summed E-state index contributed by atoms with van der Waals surface area (Å²) in [6.07, 6.45) is 6.70. The maximum Gasteiger partial charge on any atom is 0.254 e. The molecule has 0 spiro atoms. The largest absolute Gasteiger partial charge is 0.351 e. The summed E-state index contributed by atoms with van der Waals surface area (Å²) in [7, 11) is 0. The number of carbonyl (C=O) groups is 2. The third-order valence-corrected chi connectivity index (χ3v) is 5.48. The van der Waals surface area contributed by atoms with E-state index in [9.17, 15) is 18.4 Å². The molecule has 2 aromatic rings. The van der Waals surface area contributed by atoms with Crippen LogP contribution in [0.25, 0.3) is 0 Å². The molecule has 0 aliphatic heterocycles. The van der Waals surface area contributed by atoms with E-state index in [1.807, 2.05) is 0 Å². The smallest absolute Gasteiger partial charge is 0.254 e. The Kier molecular flexibility index (Phi) is 6.49. The molecule has 2 N–H and O–H groups in total. The number of halogens is 2. The van der Waals surface area contributed by atoms with Gasteiger partial charge in [-0.1, -0.05) is 12.8 Å². The van der Waals surface area contributed by atoms with Crippen LogP contribution in [0.5, 0.6) is 0 Å². The Bertz CT molecular complexity index is 813. The lowest BCUT2D eigenvalue weighted by molar-refractivity contribution is -0.116. The van der Waals surface area contributed by atoms with E-state index in [1.54, 1.807) is 0 Å². The molecular formula is C19H21F2N3O2S. The maximum atomic E-state index is 13.6. The van der Waals surface area contributed by atoms with Crippen molar-refractivity contribution in [3.05, 3.63) is 46.0 Å². The van der Waals surface area contributed by atoms with Gasteiger partial charge in [0.2, 0.25) is 5.91 Å². The highest BCUT2D eigenvalue weighted by atomic mass is 32.1. The average Bonchev–Trinajstić information content (AvgIpc) is 2.95. The van der Waals surface area contributed by atoms with Gasteiger partial charge < -0.3 is 10.6 Å². The van der Waals surface area contributed by atoms with Gasteiger partial charge in [-0.25, -0.2) is 13.8 Å². The number of nitrogens with zero attached hydrogens (tertiary/aromatic N) is 1. The van der Waals surface area contributed by atoms with E-state index in [0.29, 0.717) is 11.2 Å². The van der Waals surface area contributed by atoms with Crippen molar-refractivity contribution in [3.63, 3.8) is 0 Å². The van der Waals surface area contributed by atoms with Crippen LogP contribution in [0.15, 0.2) is 18.2 Å². The van der Waals surface area contributed by atoms with Crippen LogP contribution >= 0.6 is 11.3 Å². The Morgan fingerprint density at radius 1 is 1.11 bits per heavy atom. The van der Waals surface area contributed by atoms with Gasteiger partial charge in [0.15, 0.2) is 5.13 Å². The van der Waals surface area contributed by atoms with Crippen LogP contribution in [0.1, 0.15) is 53.0 Å². The van der Waals surface area contributed by atoms with E-state index >= 15 is 0 Å². The fraction of sp³-hybridized carbons (Fsp3) is 0.421. The van der Waals surface area contributed by atoms with Crippen molar-refractivity contribution in [2.75, 3.05) is 11.9 Å².